The van der Waals surface area contributed by atoms with Crippen LogP contribution < -0.4 is 0 Å². The minimum Gasteiger partial charge on any atom is -0.239 e. The summed E-state index contributed by atoms with van der Waals surface area (Å²) >= 11 is 0. The van der Waals surface area contributed by atoms with Crippen LogP contribution in [0.5, 0.6) is 0 Å². The Labute approximate surface area is 110 Å². The maximum absolute atomic E-state index is 14.0. The second-order valence-corrected chi connectivity index (χ2v) is 4.62. The van der Waals surface area contributed by atoms with Crippen molar-refractivity contribution < 1.29 is 4.39 Å². The van der Waals surface area contributed by atoms with Crippen molar-refractivity contribution in [3.05, 3.63) is 47.5 Å². The van der Waals surface area contributed by atoms with Crippen molar-refractivity contribution in [2.45, 2.75) is 31.5 Å². The molecule has 4 nitrogen and oxygen atoms in total. The predicted molar refractivity (Wildman–Crippen MR) is 67.0 cm³/mol. The van der Waals surface area contributed by atoms with Crippen molar-refractivity contribution in [1.82, 2.24) is 14.8 Å². The van der Waals surface area contributed by atoms with Gasteiger partial charge < -0.3 is 0 Å². The van der Waals surface area contributed by atoms with Crippen molar-refractivity contribution in [2.24, 2.45) is 0 Å². The molecule has 0 spiro atoms. The van der Waals surface area contributed by atoms with Gasteiger partial charge in [0.15, 0.2) is 17.8 Å². The Balaban J connectivity index is 1.93. The molecular weight excluding hydrogens is 243 g/mol. The van der Waals surface area contributed by atoms with Crippen molar-refractivity contribution in [3.8, 4) is 6.07 Å². The summed E-state index contributed by atoms with van der Waals surface area (Å²) in [5.41, 5.74) is 1.04. The SMILES string of the molecule is N#CCCc1nc2n(n1)C(c1ccccc1)CC2F. The summed E-state index contributed by atoms with van der Waals surface area (Å²) in [7, 11) is 0. The standard InChI is InChI=1S/C14H13FN4/c15-11-9-12(10-5-2-1-3-6-10)19-14(11)17-13(18-19)7-4-8-16/h1-3,5-6,11-12H,4,7,9H2. The van der Waals surface area contributed by atoms with E-state index in [4.69, 9.17) is 5.26 Å². The van der Waals surface area contributed by atoms with Gasteiger partial charge in [-0.1, -0.05) is 30.3 Å². The molecule has 2 aromatic rings. The molecule has 0 saturated heterocycles. The molecule has 1 aliphatic rings. The summed E-state index contributed by atoms with van der Waals surface area (Å²) in [6.07, 6.45) is 0.146. The molecule has 1 aromatic carbocycles. The Bertz CT molecular complexity index is 614. The lowest BCUT2D eigenvalue weighted by atomic mass is 10.0. The van der Waals surface area contributed by atoms with E-state index in [9.17, 15) is 4.39 Å². The summed E-state index contributed by atoms with van der Waals surface area (Å²) in [6.45, 7) is 0. The van der Waals surface area contributed by atoms with Gasteiger partial charge in [0.2, 0.25) is 0 Å². The first-order valence-electron chi connectivity index (χ1n) is 6.31. The molecule has 1 aromatic heterocycles. The zero-order valence-electron chi connectivity index (χ0n) is 10.3. The van der Waals surface area contributed by atoms with Gasteiger partial charge in [-0.15, -0.1) is 0 Å². The lowest BCUT2D eigenvalue weighted by Gasteiger charge is -2.11. The molecule has 2 heterocycles. The summed E-state index contributed by atoms with van der Waals surface area (Å²) < 4.78 is 15.7. The zero-order chi connectivity index (χ0) is 13.2. The smallest absolute Gasteiger partial charge is 0.162 e. The number of nitrogens with zero attached hydrogens (tertiary/aromatic N) is 4. The van der Waals surface area contributed by atoms with E-state index in [2.05, 4.69) is 16.2 Å². The van der Waals surface area contributed by atoms with Crippen molar-refractivity contribution >= 4 is 0 Å². The molecule has 0 N–H and O–H groups in total. The highest BCUT2D eigenvalue weighted by atomic mass is 19.1. The highest BCUT2D eigenvalue weighted by molar-refractivity contribution is 5.23. The second kappa shape index (κ2) is 4.81. The molecule has 0 fully saturated rings. The van der Waals surface area contributed by atoms with Gasteiger partial charge in [-0.3, -0.25) is 0 Å². The predicted octanol–water partition coefficient (Wildman–Crippen LogP) is 2.74. The third kappa shape index (κ3) is 2.10. The van der Waals surface area contributed by atoms with Crippen LogP contribution in [0.25, 0.3) is 0 Å². The molecule has 0 amide bonds. The molecule has 3 rings (SSSR count). The van der Waals surface area contributed by atoms with Crippen LogP contribution in [0.2, 0.25) is 0 Å². The van der Waals surface area contributed by atoms with Gasteiger partial charge in [-0.25, -0.2) is 14.1 Å². The fraction of sp³-hybridized carbons (Fsp3) is 0.357. The molecule has 0 saturated carbocycles. The van der Waals surface area contributed by atoms with Crippen LogP contribution >= 0.6 is 0 Å². The van der Waals surface area contributed by atoms with Gasteiger partial charge in [0.25, 0.3) is 0 Å². The first-order valence-corrected chi connectivity index (χ1v) is 6.31. The van der Waals surface area contributed by atoms with Crippen LogP contribution in [-0.4, -0.2) is 14.8 Å². The third-order valence-electron chi connectivity index (χ3n) is 3.35. The number of aryl methyl sites for hydroxylation is 1. The molecule has 2 atom stereocenters. The van der Waals surface area contributed by atoms with Gasteiger partial charge in [0, 0.05) is 19.3 Å². The molecule has 0 bridgehead atoms. The van der Waals surface area contributed by atoms with Gasteiger partial charge in [-0.2, -0.15) is 10.4 Å². The number of hydrogen-bond donors (Lipinski definition) is 0. The topological polar surface area (TPSA) is 54.5 Å². The lowest BCUT2D eigenvalue weighted by molar-refractivity contribution is 0.328. The van der Waals surface area contributed by atoms with E-state index in [-0.39, 0.29) is 6.04 Å². The Morgan fingerprint density at radius 1 is 1.37 bits per heavy atom. The van der Waals surface area contributed by atoms with Crippen LogP contribution in [0.1, 0.15) is 42.3 Å². The molecule has 96 valence electrons. The number of hydrogen-bond acceptors (Lipinski definition) is 3. The van der Waals surface area contributed by atoms with E-state index >= 15 is 0 Å². The average Bonchev–Trinajstić information content (AvgIpc) is 2.98. The molecule has 5 heteroatoms. The lowest BCUT2D eigenvalue weighted by Crippen LogP contribution is -2.07. The van der Waals surface area contributed by atoms with Crippen LogP contribution in [0.15, 0.2) is 30.3 Å². The first kappa shape index (κ1) is 11.8. The first-order chi connectivity index (χ1) is 9.29. The van der Waals surface area contributed by atoms with E-state index in [1.807, 2.05) is 30.3 Å². The van der Waals surface area contributed by atoms with E-state index in [0.29, 0.717) is 30.9 Å². The van der Waals surface area contributed by atoms with Crippen molar-refractivity contribution in [3.63, 3.8) is 0 Å². The quantitative estimate of drug-likeness (QED) is 0.848. The Morgan fingerprint density at radius 2 is 2.16 bits per heavy atom. The number of nitriles is 1. The van der Waals surface area contributed by atoms with E-state index in [0.717, 1.165) is 5.56 Å². The van der Waals surface area contributed by atoms with Crippen LogP contribution in [0.3, 0.4) is 0 Å². The van der Waals surface area contributed by atoms with Crippen LogP contribution in [0.4, 0.5) is 4.39 Å². The highest BCUT2D eigenvalue weighted by Crippen LogP contribution is 2.39. The van der Waals surface area contributed by atoms with Crippen molar-refractivity contribution in [1.29, 1.82) is 5.26 Å². The number of fused-ring (bicyclic) bond motifs is 1. The summed E-state index contributed by atoms with van der Waals surface area (Å²) in [5.74, 6) is 0.946. The normalized spacial score (nSPS) is 21.1. The Kier molecular flexibility index (Phi) is 3.00. The van der Waals surface area contributed by atoms with Gasteiger partial charge in [0.05, 0.1) is 12.1 Å². The molecule has 19 heavy (non-hydrogen) atoms. The molecule has 2 unspecified atom stereocenters. The average molecular weight is 256 g/mol. The fourth-order valence-electron chi connectivity index (χ4n) is 2.45. The van der Waals surface area contributed by atoms with Gasteiger partial charge in [0.1, 0.15) is 0 Å². The fourth-order valence-corrected chi connectivity index (χ4v) is 2.45. The number of rotatable bonds is 3. The minimum atomic E-state index is -1.08. The van der Waals surface area contributed by atoms with E-state index < -0.39 is 6.17 Å². The number of halogens is 1. The Hall–Kier alpha value is -2.22. The summed E-state index contributed by atoms with van der Waals surface area (Å²) in [4.78, 5) is 4.21. The molecule has 0 radical (unpaired) electrons. The third-order valence-corrected chi connectivity index (χ3v) is 3.35. The number of benzene rings is 1. The Morgan fingerprint density at radius 3 is 2.89 bits per heavy atom. The zero-order valence-corrected chi connectivity index (χ0v) is 10.3. The van der Waals surface area contributed by atoms with Crippen molar-refractivity contribution in [2.75, 3.05) is 0 Å². The van der Waals surface area contributed by atoms with Gasteiger partial charge >= 0.3 is 0 Å². The minimum absolute atomic E-state index is 0.0884. The maximum Gasteiger partial charge on any atom is 0.162 e. The summed E-state index contributed by atoms with van der Waals surface area (Å²) in [5, 5.41) is 12.9. The van der Waals surface area contributed by atoms with Crippen LogP contribution in [-0.2, 0) is 6.42 Å². The van der Waals surface area contributed by atoms with E-state index in [1.165, 1.54) is 0 Å². The largest absolute Gasteiger partial charge is 0.239 e. The van der Waals surface area contributed by atoms with Crippen LogP contribution in [0, 0.1) is 11.3 Å². The molecular formula is C14H13FN4. The monoisotopic (exact) mass is 256 g/mol. The van der Waals surface area contributed by atoms with E-state index in [1.54, 1.807) is 4.68 Å². The number of alkyl halides is 1. The molecule has 1 aliphatic heterocycles. The maximum atomic E-state index is 14.0. The number of aromatic nitrogens is 3. The van der Waals surface area contributed by atoms with Gasteiger partial charge in [-0.05, 0) is 5.56 Å². The molecule has 0 aliphatic carbocycles. The highest BCUT2D eigenvalue weighted by Gasteiger charge is 2.35. The second-order valence-electron chi connectivity index (χ2n) is 4.62. The summed E-state index contributed by atoms with van der Waals surface area (Å²) in [6, 6.07) is 11.7.